The van der Waals surface area contributed by atoms with Gasteiger partial charge < -0.3 is 4.42 Å². The second-order valence-electron chi connectivity index (χ2n) is 7.65. The van der Waals surface area contributed by atoms with Gasteiger partial charge in [0.2, 0.25) is 0 Å². The lowest BCUT2D eigenvalue weighted by Crippen LogP contribution is -2.49. The minimum Gasteiger partial charge on any atom is -0.456 e. The first-order valence-electron chi connectivity index (χ1n) is 10.0. The number of alkyl halides is 3. The third kappa shape index (κ3) is 3.46. The van der Waals surface area contributed by atoms with E-state index in [1.165, 1.54) is 24.3 Å². The van der Waals surface area contributed by atoms with E-state index in [1.807, 2.05) is 0 Å². The Bertz CT molecular complexity index is 1580. The van der Waals surface area contributed by atoms with Crippen LogP contribution < -0.4 is 4.90 Å². The first kappa shape index (κ1) is 22.1. The Kier molecular flexibility index (Phi) is 4.83. The molecule has 35 heavy (non-hydrogen) atoms. The van der Waals surface area contributed by atoms with E-state index < -0.39 is 46.7 Å². The maximum atomic E-state index is 13.5. The van der Waals surface area contributed by atoms with Gasteiger partial charge in [0, 0.05) is 28.6 Å². The van der Waals surface area contributed by atoms with Gasteiger partial charge in [-0.15, -0.1) is 0 Å². The van der Waals surface area contributed by atoms with Crippen molar-refractivity contribution in [3.63, 3.8) is 0 Å². The van der Waals surface area contributed by atoms with Crippen LogP contribution in [0.3, 0.4) is 0 Å². The Morgan fingerprint density at radius 2 is 1.69 bits per heavy atom. The van der Waals surface area contributed by atoms with Gasteiger partial charge >= 0.3 is 12.1 Å². The van der Waals surface area contributed by atoms with Crippen molar-refractivity contribution in [3.05, 3.63) is 81.9 Å². The maximum absolute atomic E-state index is 13.5. The molecule has 0 fully saturated rings. The van der Waals surface area contributed by atoms with E-state index in [0.29, 0.717) is 21.3 Å². The molecule has 12 heteroatoms. The molecule has 1 aliphatic heterocycles. The van der Waals surface area contributed by atoms with Crippen molar-refractivity contribution in [1.82, 2.24) is 4.90 Å². The Morgan fingerprint density at radius 3 is 2.40 bits per heavy atom. The summed E-state index contributed by atoms with van der Waals surface area (Å²) in [6, 6.07) is 14.1. The topological polar surface area (TPSA) is 114 Å². The minimum absolute atomic E-state index is 0.182. The van der Waals surface area contributed by atoms with E-state index in [4.69, 9.17) is 4.42 Å². The van der Waals surface area contributed by atoms with Gasteiger partial charge in [-0.05, 0) is 24.3 Å². The number of carbonyl (C=O) groups excluding carboxylic acids is 3. The Labute approximate surface area is 193 Å². The van der Waals surface area contributed by atoms with Crippen molar-refractivity contribution in [2.75, 3.05) is 11.6 Å². The highest BCUT2D eigenvalue weighted by Crippen LogP contribution is 2.35. The number of hydrogen-bond donors (Lipinski definition) is 0. The third-order valence-electron chi connectivity index (χ3n) is 5.62. The van der Waals surface area contributed by atoms with Crippen LogP contribution in [0, 0.1) is 10.1 Å². The first-order valence-corrected chi connectivity index (χ1v) is 10.0. The number of amides is 3. The molecule has 2 heterocycles. The number of nitrogens with zero attached hydrogens (tertiary/aromatic N) is 3. The highest BCUT2D eigenvalue weighted by molar-refractivity contribution is 6.23. The molecule has 9 nitrogen and oxygen atoms in total. The maximum Gasteiger partial charge on any atom is 0.471 e. The van der Waals surface area contributed by atoms with Crippen molar-refractivity contribution < 1.29 is 36.9 Å². The molecule has 0 atom stereocenters. The molecule has 176 valence electrons. The molecule has 0 saturated heterocycles. The molecule has 0 aliphatic carbocycles. The fourth-order valence-electron chi connectivity index (χ4n) is 4.04. The van der Waals surface area contributed by atoms with Crippen molar-refractivity contribution >= 4 is 51.0 Å². The van der Waals surface area contributed by atoms with Gasteiger partial charge in [-0.2, -0.15) is 13.2 Å². The Hall–Kier alpha value is -4.74. The van der Waals surface area contributed by atoms with E-state index in [-0.39, 0.29) is 21.7 Å². The van der Waals surface area contributed by atoms with Crippen LogP contribution in [0.4, 0.5) is 24.5 Å². The van der Waals surface area contributed by atoms with Gasteiger partial charge in [0.25, 0.3) is 17.5 Å². The lowest BCUT2D eigenvalue weighted by atomic mass is 10.1. The molecule has 0 unspecified atom stereocenters. The second-order valence-corrected chi connectivity index (χ2v) is 7.65. The molecule has 1 aliphatic rings. The van der Waals surface area contributed by atoms with Crippen molar-refractivity contribution in [2.45, 2.75) is 6.18 Å². The first-order chi connectivity index (χ1) is 16.6. The summed E-state index contributed by atoms with van der Waals surface area (Å²) in [7, 11) is 0. The molecule has 5 rings (SSSR count). The Balaban J connectivity index is 1.58. The molecular formula is C23H12F3N3O6. The van der Waals surface area contributed by atoms with Crippen molar-refractivity contribution in [1.29, 1.82) is 0 Å². The van der Waals surface area contributed by atoms with Crippen LogP contribution in [0.15, 0.2) is 65.1 Å². The summed E-state index contributed by atoms with van der Waals surface area (Å²) in [4.78, 5) is 49.0. The van der Waals surface area contributed by atoms with Gasteiger partial charge in [-0.1, -0.05) is 24.3 Å². The average molecular weight is 483 g/mol. The number of fused-ring (bicyclic) bond motifs is 4. The van der Waals surface area contributed by atoms with E-state index in [2.05, 4.69) is 0 Å². The quantitative estimate of drug-likeness (QED) is 0.237. The smallest absolute Gasteiger partial charge is 0.456 e. The van der Waals surface area contributed by atoms with E-state index in [1.54, 1.807) is 24.3 Å². The number of imide groups is 1. The van der Waals surface area contributed by atoms with Crippen molar-refractivity contribution in [2.24, 2.45) is 0 Å². The van der Waals surface area contributed by atoms with Gasteiger partial charge in [-0.25, -0.2) is 0 Å². The Morgan fingerprint density at radius 1 is 0.971 bits per heavy atom. The standard InChI is InChI=1S/C23H12F3N3O6/c24-23(25,26)22(32)27(12-8-9-14-13-4-1-2-7-17(13)35-18(14)10-12)11-28-20(30)15-5-3-6-16(29(33)34)19(15)21(28)31/h1-10H,11H2. The van der Waals surface area contributed by atoms with Crippen LogP contribution in [0.1, 0.15) is 20.7 Å². The number of rotatable bonds is 4. The number of anilines is 1. The summed E-state index contributed by atoms with van der Waals surface area (Å²) in [5, 5.41) is 12.6. The fourth-order valence-corrected chi connectivity index (χ4v) is 4.04. The summed E-state index contributed by atoms with van der Waals surface area (Å²) < 4.78 is 46.1. The fraction of sp³-hybridized carbons (Fsp3) is 0.0870. The minimum atomic E-state index is -5.34. The van der Waals surface area contributed by atoms with E-state index in [9.17, 15) is 37.7 Å². The number of carbonyl (C=O) groups is 3. The number of halogens is 3. The zero-order valence-corrected chi connectivity index (χ0v) is 17.4. The summed E-state index contributed by atoms with van der Waals surface area (Å²) in [6.45, 7) is -1.12. The van der Waals surface area contributed by atoms with Gasteiger partial charge in [0.1, 0.15) is 23.4 Å². The largest absolute Gasteiger partial charge is 0.471 e. The molecule has 0 bridgehead atoms. The van der Waals surface area contributed by atoms with E-state index in [0.717, 1.165) is 12.1 Å². The number of benzene rings is 3. The molecular weight excluding hydrogens is 471 g/mol. The van der Waals surface area contributed by atoms with Crippen LogP contribution in [0.2, 0.25) is 0 Å². The molecule has 0 spiro atoms. The van der Waals surface area contributed by atoms with Gasteiger partial charge in [0.15, 0.2) is 0 Å². The normalized spacial score (nSPS) is 13.5. The molecule has 4 aromatic rings. The summed E-state index contributed by atoms with van der Waals surface area (Å²) in [5.41, 5.74) is -1.18. The lowest BCUT2D eigenvalue weighted by molar-refractivity contribution is -0.385. The average Bonchev–Trinajstić information content (AvgIpc) is 3.31. The van der Waals surface area contributed by atoms with E-state index >= 15 is 0 Å². The SMILES string of the molecule is O=C1c2cccc([N+](=O)[O-])c2C(=O)N1CN(C(=O)C(F)(F)F)c1ccc2c(c1)oc1ccccc12. The van der Waals surface area contributed by atoms with Gasteiger partial charge in [0.05, 0.1) is 10.5 Å². The van der Waals surface area contributed by atoms with Crippen LogP contribution in [-0.4, -0.2) is 40.4 Å². The predicted octanol–water partition coefficient (Wildman–Crippen LogP) is 4.64. The number of nitro groups is 1. The highest BCUT2D eigenvalue weighted by Gasteiger charge is 2.47. The molecule has 3 amide bonds. The number of furan rings is 1. The summed E-state index contributed by atoms with van der Waals surface area (Å²) in [5.74, 6) is -4.57. The van der Waals surface area contributed by atoms with Gasteiger partial charge in [-0.3, -0.25) is 34.3 Å². The zero-order valence-electron chi connectivity index (χ0n) is 17.4. The molecule has 1 aromatic heterocycles. The second kappa shape index (κ2) is 7.65. The van der Waals surface area contributed by atoms with Crippen molar-refractivity contribution in [3.8, 4) is 0 Å². The number of para-hydroxylation sites is 1. The lowest BCUT2D eigenvalue weighted by Gasteiger charge is -2.27. The highest BCUT2D eigenvalue weighted by atomic mass is 19.4. The van der Waals surface area contributed by atoms with Crippen LogP contribution >= 0.6 is 0 Å². The summed E-state index contributed by atoms with van der Waals surface area (Å²) >= 11 is 0. The van der Waals surface area contributed by atoms with Crippen LogP contribution in [-0.2, 0) is 4.79 Å². The monoisotopic (exact) mass is 483 g/mol. The molecule has 0 radical (unpaired) electrons. The summed E-state index contributed by atoms with van der Waals surface area (Å²) in [6.07, 6.45) is -5.34. The molecule has 0 saturated carbocycles. The number of nitro benzene ring substituents is 1. The molecule has 3 aromatic carbocycles. The van der Waals surface area contributed by atoms with Crippen LogP contribution in [0.5, 0.6) is 0 Å². The molecule has 0 N–H and O–H groups in total. The zero-order chi connectivity index (χ0) is 25.1. The third-order valence-corrected chi connectivity index (χ3v) is 5.62. The predicted molar refractivity (Wildman–Crippen MR) is 116 cm³/mol. The van der Waals surface area contributed by atoms with Crippen LogP contribution in [0.25, 0.3) is 21.9 Å². The number of hydrogen-bond acceptors (Lipinski definition) is 6.